The van der Waals surface area contributed by atoms with Crippen LogP contribution in [0.5, 0.6) is 0 Å². The fourth-order valence-corrected chi connectivity index (χ4v) is 1.73. The van der Waals surface area contributed by atoms with Crippen molar-refractivity contribution >= 4 is 11.8 Å². The van der Waals surface area contributed by atoms with E-state index in [0.29, 0.717) is 24.2 Å². The average molecular weight is 194 g/mol. The molecule has 0 saturated heterocycles. The first-order valence-electron chi connectivity index (χ1n) is 4.42. The van der Waals surface area contributed by atoms with E-state index in [4.69, 9.17) is 4.42 Å². The third kappa shape index (κ3) is 1.23. The molecule has 0 spiro atoms. The van der Waals surface area contributed by atoms with Crippen LogP contribution in [-0.4, -0.2) is 18.9 Å². The zero-order valence-electron chi connectivity index (χ0n) is 7.78. The Morgan fingerprint density at radius 1 is 1.64 bits per heavy atom. The van der Waals surface area contributed by atoms with E-state index in [-0.39, 0.29) is 11.8 Å². The zero-order valence-corrected chi connectivity index (χ0v) is 7.78. The number of fused-ring (bicyclic) bond motifs is 1. The van der Waals surface area contributed by atoms with Crippen LogP contribution in [0.15, 0.2) is 16.7 Å². The van der Waals surface area contributed by atoms with Crippen molar-refractivity contribution in [1.29, 1.82) is 0 Å². The molecule has 0 aliphatic heterocycles. The Bertz CT molecular complexity index is 377. The number of Topliss-reactive ketones (excluding diaryl/α,β-unsaturated/α-hetero) is 1. The van der Waals surface area contributed by atoms with Gasteiger partial charge in [-0.1, -0.05) is 0 Å². The molecule has 0 aromatic carbocycles. The van der Waals surface area contributed by atoms with Crippen molar-refractivity contribution in [3.8, 4) is 0 Å². The summed E-state index contributed by atoms with van der Waals surface area (Å²) in [5.41, 5.74) is 0.520. The Hall–Kier alpha value is -1.58. The molecular formula is C10H10O4. The number of esters is 1. The van der Waals surface area contributed by atoms with Gasteiger partial charge >= 0.3 is 5.97 Å². The fourth-order valence-electron chi connectivity index (χ4n) is 1.73. The van der Waals surface area contributed by atoms with Crippen LogP contribution in [0.2, 0.25) is 0 Å². The monoisotopic (exact) mass is 194 g/mol. The zero-order chi connectivity index (χ0) is 10.1. The van der Waals surface area contributed by atoms with Crippen molar-refractivity contribution < 1.29 is 18.7 Å². The Morgan fingerprint density at radius 2 is 2.43 bits per heavy atom. The number of hydrogen-bond acceptors (Lipinski definition) is 4. The van der Waals surface area contributed by atoms with Crippen molar-refractivity contribution in [2.24, 2.45) is 0 Å². The Labute approximate surface area is 80.8 Å². The van der Waals surface area contributed by atoms with Crippen LogP contribution in [0.3, 0.4) is 0 Å². The summed E-state index contributed by atoms with van der Waals surface area (Å²) in [6.45, 7) is 0. The highest BCUT2D eigenvalue weighted by Crippen LogP contribution is 2.32. The second-order valence-electron chi connectivity index (χ2n) is 3.24. The van der Waals surface area contributed by atoms with Gasteiger partial charge in [0.05, 0.1) is 18.9 Å². The average Bonchev–Trinajstić information content (AvgIpc) is 2.67. The van der Waals surface area contributed by atoms with Crippen LogP contribution in [0.1, 0.15) is 34.9 Å². The smallest absolute Gasteiger partial charge is 0.316 e. The van der Waals surface area contributed by atoms with Crippen LogP contribution in [0.25, 0.3) is 0 Å². The third-order valence-corrected chi connectivity index (χ3v) is 2.46. The van der Waals surface area contributed by atoms with Crippen LogP contribution < -0.4 is 0 Å². The van der Waals surface area contributed by atoms with Crippen molar-refractivity contribution in [3.05, 3.63) is 23.7 Å². The predicted octanol–water partition coefficient (Wildman–Crippen LogP) is 1.51. The second kappa shape index (κ2) is 3.29. The predicted molar refractivity (Wildman–Crippen MR) is 47.0 cm³/mol. The molecule has 0 bridgehead atoms. The van der Waals surface area contributed by atoms with E-state index < -0.39 is 5.92 Å². The van der Waals surface area contributed by atoms with Crippen molar-refractivity contribution in [2.75, 3.05) is 7.11 Å². The van der Waals surface area contributed by atoms with Crippen LogP contribution in [0.4, 0.5) is 0 Å². The molecule has 4 heteroatoms. The number of furan rings is 1. The molecule has 4 nitrogen and oxygen atoms in total. The molecule has 0 saturated carbocycles. The molecule has 1 unspecified atom stereocenters. The van der Waals surface area contributed by atoms with Crippen LogP contribution in [0, 0.1) is 0 Å². The van der Waals surface area contributed by atoms with Gasteiger partial charge in [-0.15, -0.1) is 0 Å². The van der Waals surface area contributed by atoms with Crippen LogP contribution >= 0.6 is 0 Å². The first kappa shape index (κ1) is 8.99. The number of ketones is 1. The highest BCUT2D eigenvalue weighted by atomic mass is 16.5. The number of hydrogen-bond donors (Lipinski definition) is 0. The minimum absolute atomic E-state index is 0.0360. The number of carbonyl (C=O) groups is 2. The Morgan fingerprint density at radius 3 is 3.14 bits per heavy atom. The number of rotatable bonds is 1. The first-order valence-corrected chi connectivity index (χ1v) is 4.42. The summed E-state index contributed by atoms with van der Waals surface area (Å²) >= 11 is 0. The topological polar surface area (TPSA) is 56.5 Å². The number of methoxy groups -OCH3 is 1. The Balaban J connectivity index is 2.38. The molecule has 1 heterocycles. The summed E-state index contributed by atoms with van der Waals surface area (Å²) < 4.78 is 9.78. The summed E-state index contributed by atoms with van der Waals surface area (Å²) in [5.74, 6) is -0.265. The molecule has 1 aliphatic rings. The lowest BCUT2D eigenvalue weighted by atomic mass is 9.88. The lowest BCUT2D eigenvalue weighted by molar-refractivity contribution is -0.143. The number of carbonyl (C=O) groups excluding carboxylic acids is 2. The highest BCUT2D eigenvalue weighted by molar-refractivity contribution is 6.00. The third-order valence-electron chi connectivity index (χ3n) is 2.46. The lowest BCUT2D eigenvalue weighted by Gasteiger charge is -2.17. The van der Waals surface area contributed by atoms with Crippen molar-refractivity contribution in [1.82, 2.24) is 0 Å². The van der Waals surface area contributed by atoms with Gasteiger partial charge in [0, 0.05) is 6.42 Å². The molecule has 0 N–H and O–H groups in total. The molecule has 2 rings (SSSR count). The molecule has 0 fully saturated rings. The van der Waals surface area contributed by atoms with E-state index in [1.165, 1.54) is 13.4 Å². The fraction of sp³-hybridized carbons (Fsp3) is 0.400. The molecule has 1 aromatic heterocycles. The molecule has 74 valence electrons. The van der Waals surface area contributed by atoms with Gasteiger partial charge in [0.2, 0.25) is 0 Å². The van der Waals surface area contributed by atoms with Crippen LogP contribution in [-0.2, 0) is 9.53 Å². The second-order valence-corrected chi connectivity index (χ2v) is 3.24. The highest BCUT2D eigenvalue weighted by Gasteiger charge is 2.33. The lowest BCUT2D eigenvalue weighted by Crippen LogP contribution is -2.21. The maximum Gasteiger partial charge on any atom is 0.316 e. The Kier molecular flexibility index (Phi) is 2.11. The number of ether oxygens (including phenoxy) is 1. The molecule has 1 aromatic rings. The summed E-state index contributed by atoms with van der Waals surface area (Å²) in [7, 11) is 1.33. The standard InChI is InChI=1S/C10H10O4/c1-13-10(12)7-2-3-8(11)6-4-5-14-9(6)7/h4-5,7H,2-3H2,1H3. The van der Waals surface area contributed by atoms with Crippen molar-refractivity contribution in [3.63, 3.8) is 0 Å². The van der Waals surface area contributed by atoms with E-state index in [2.05, 4.69) is 4.74 Å². The minimum atomic E-state index is -0.414. The maximum atomic E-state index is 11.4. The molecular weight excluding hydrogens is 184 g/mol. The summed E-state index contributed by atoms with van der Waals surface area (Å²) in [6, 6.07) is 1.60. The van der Waals surface area contributed by atoms with E-state index in [1.54, 1.807) is 6.07 Å². The van der Waals surface area contributed by atoms with Gasteiger partial charge in [-0.2, -0.15) is 0 Å². The van der Waals surface area contributed by atoms with Gasteiger partial charge in [0.1, 0.15) is 11.7 Å². The largest absolute Gasteiger partial charge is 0.468 e. The summed E-state index contributed by atoms with van der Waals surface area (Å²) in [5, 5.41) is 0. The van der Waals surface area contributed by atoms with Gasteiger partial charge in [-0.05, 0) is 12.5 Å². The molecule has 0 amide bonds. The van der Waals surface area contributed by atoms with Gasteiger partial charge in [0.15, 0.2) is 5.78 Å². The van der Waals surface area contributed by atoms with E-state index in [0.717, 1.165) is 0 Å². The SMILES string of the molecule is COC(=O)C1CCC(=O)c2ccoc21. The van der Waals surface area contributed by atoms with E-state index >= 15 is 0 Å². The molecule has 0 radical (unpaired) electrons. The minimum Gasteiger partial charge on any atom is -0.468 e. The summed E-state index contributed by atoms with van der Waals surface area (Å²) in [4.78, 5) is 22.7. The van der Waals surface area contributed by atoms with E-state index in [9.17, 15) is 9.59 Å². The van der Waals surface area contributed by atoms with Gasteiger partial charge in [-0.25, -0.2) is 0 Å². The van der Waals surface area contributed by atoms with Gasteiger partial charge < -0.3 is 9.15 Å². The van der Waals surface area contributed by atoms with Gasteiger partial charge in [0.25, 0.3) is 0 Å². The van der Waals surface area contributed by atoms with Crippen molar-refractivity contribution in [2.45, 2.75) is 18.8 Å². The quantitative estimate of drug-likeness (QED) is 0.636. The molecule has 14 heavy (non-hydrogen) atoms. The molecule has 1 atom stereocenters. The van der Waals surface area contributed by atoms with E-state index in [1.807, 2.05) is 0 Å². The normalized spacial score (nSPS) is 20.4. The maximum absolute atomic E-state index is 11.4. The first-order chi connectivity index (χ1) is 6.74. The molecule has 1 aliphatic carbocycles. The summed E-state index contributed by atoms with van der Waals surface area (Å²) in [6.07, 6.45) is 2.29. The van der Waals surface area contributed by atoms with Gasteiger partial charge in [-0.3, -0.25) is 9.59 Å².